The minimum atomic E-state index is -0.593. The summed E-state index contributed by atoms with van der Waals surface area (Å²) < 4.78 is 0. The standard InChI is InChI=1S/C13H23NO2/c1-12(2)5-7-13(8-6-12,11(15)16)14-9-3-4-10-14/h3-10H2,1-2H3,(H,15,16). The quantitative estimate of drug-likeness (QED) is 0.785. The van der Waals surface area contributed by atoms with Gasteiger partial charge in [-0.2, -0.15) is 0 Å². The van der Waals surface area contributed by atoms with Gasteiger partial charge in [-0.05, 0) is 57.0 Å². The first-order valence-electron chi connectivity index (χ1n) is 6.45. The Labute approximate surface area is 97.8 Å². The summed E-state index contributed by atoms with van der Waals surface area (Å²) in [7, 11) is 0. The van der Waals surface area contributed by atoms with Crippen molar-refractivity contribution >= 4 is 5.97 Å². The zero-order valence-corrected chi connectivity index (χ0v) is 10.5. The predicted octanol–water partition coefficient (Wildman–Crippen LogP) is 2.51. The molecule has 1 N–H and O–H groups in total. The van der Waals surface area contributed by atoms with Crippen molar-refractivity contribution in [3.05, 3.63) is 0 Å². The van der Waals surface area contributed by atoms with E-state index in [-0.39, 0.29) is 0 Å². The van der Waals surface area contributed by atoms with Gasteiger partial charge in [-0.15, -0.1) is 0 Å². The largest absolute Gasteiger partial charge is 0.480 e. The van der Waals surface area contributed by atoms with Crippen LogP contribution in [-0.4, -0.2) is 34.6 Å². The van der Waals surface area contributed by atoms with E-state index in [4.69, 9.17) is 0 Å². The number of carbonyl (C=O) groups is 1. The maximum Gasteiger partial charge on any atom is 0.324 e. The van der Waals surface area contributed by atoms with Gasteiger partial charge in [0.2, 0.25) is 0 Å². The van der Waals surface area contributed by atoms with Gasteiger partial charge in [0.15, 0.2) is 0 Å². The number of hydrogen-bond donors (Lipinski definition) is 1. The molecule has 1 aliphatic carbocycles. The van der Waals surface area contributed by atoms with Gasteiger partial charge in [-0.3, -0.25) is 9.69 Å². The van der Waals surface area contributed by atoms with Crippen molar-refractivity contribution in [2.45, 2.75) is 57.9 Å². The van der Waals surface area contributed by atoms with Crippen LogP contribution in [0.2, 0.25) is 0 Å². The molecule has 1 aliphatic heterocycles. The summed E-state index contributed by atoms with van der Waals surface area (Å²) in [6.07, 6.45) is 6.06. The Kier molecular flexibility index (Phi) is 2.99. The number of carboxylic acid groups (broad SMARTS) is 1. The topological polar surface area (TPSA) is 40.5 Å². The average Bonchev–Trinajstić information content (AvgIpc) is 2.71. The molecule has 3 heteroatoms. The number of rotatable bonds is 2. The van der Waals surface area contributed by atoms with Crippen LogP contribution in [0.25, 0.3) is 0 Å². The van der Waals surface area contributed by atoms with Gasteiger partial charge in [0.05, 0.1) is 0 Å². The second-order valence-corrected chi connectivity index (χ2v) is 6.20. The van der Waals surface area contributed by atoms with Crippen molar-refractivity contribution in [1.29, 1.82) is 0 Å². The number of carboxylic acids is 1. The molecule has 0 amide bonds. The Balaban J connectivity index is 2.14. The molecule has 0 unspecified atom stereocenters. The zero-order valence-electron chi connectivity index (χ0n) is 10.5. The van der Waals surface area contributed by atoms with E-state index in [0.717, 1.165) is 38.8 Å². The fraction of sp³-hybridized carbons (Fsp3) is 0.923. The van der Waals surface area contributed by atoms with Gasteiger partial charge in [0.1, 0.15) is 5.54 Å². The van der Waals surface area contributed by atoms with Crippen LogP contribution in [0.1, 0.15) is 52.4 Å². The number of nitrogens with zero attached hydrogens (tertiary/aromatic N) is 1. The first kappa shape index (κ1) is 11.9. The molecule has 1 heterocycles. The van der Waals surface area contributed by atoms with Crippen molar-refractivity contribution in [3.8, 4) is 0 Å². The summed E-state index contributed by atoms with van der Waals surface area (Å²) in [6.45, 7) is 6.46. The van der Waals surface area contributed by atoms with Crippen LogP contribution in [0.3, 0.4) is 0 Å². The van der Waals surface area contributed by atoms with E-state index in [9.17, 15) is 9.90 Å². The molecule has 0 aromatic heterocycles. The van der Waals surface area contributed by atoms with Crippen LogP contribution in [0, 0.1) is 5.41 Å². The molecule has 2 aliphatic rings. The molecule has 0 aromatic rings. The lowest BCUT2D eigenvalue weighted by Crippen LogP contribution is -2.56. The van der Waals surface area contributed by atoms with Crippen molar-refractivity contribution < 1.29 is 9.90 Å². The molecule has 2 rings (SSSR count). The SMILES string of the molecule is CC1(C)CCC(C(=O)O)(N2CCCC2)CC1. The van der Waals surface area contributed by atoms with Crippen LogP contribution < -0.4 is 0 Å². The van der Waals surface area contributed by atoms with Gasteiger partial charge < -0.3 is 5.11 Å². The average molecular weight is 225 g/mol. The van der Waals surface area contributed by atoms with Crippen molar-refractivity contribution in [2.75, 3.05) is 13.1 Å². The lowest BCUT2D eigenvalue weighted by Gasteiger charge is -2.45. The Morgan fingerprint density at radius 3 is 2.00 bits per heavy atom. The molecule has 0 radical (unpaired) electrons. The minimum absolute atomic E-state index is 0.332. The Morgan fingerprint density at radius 1 is 1.06 bits per heavy atom. The summed E-state index contributed by atoms with van der Waals surface area (Å²) >= 11 is 0. The third-order valence-corrected chi connectivity index (χ3v) is 4.54. The van der Waals surface area contributed by atoms with Crippen LogP contribution >= 0.6 is 0 Å². The van der Waals surface area contributed by atoms with E-state index in [1.165, 1.54) is 12.8 Å². The second-order valence-electron chi connectivity index (χ2n) is 6.20. The summed E-state index contributed by atoms with van der Waals surface area (Å²) in [5, 5.41) is 9.58. The number of aliphatic carboxylic acids is 1. The highest BCUT2D eigenvalue weighted by atomic mass is 16.4. The first-order valence-corrected chi connectivity index (χ1v) is 6.45. The highest BCUT2D eigenvalue weighted by Crippen LogP contribution is 2.44. The van der Waals surface area contributed by atoms with E-state index in [2.05, 4.69) is 18.7 Å². The lowest BCUT2D eigenvalue weighted by atomic mass is 9.69. The second kappa shape index (κ2) is 4.02. The summed E-state index contributed by atoms with van der Waals surface area (Å²) in [4.78, 5) is 13.9. The Hall–Kier alpha value is -0.570. The lowest BCUT2D eigenvalue weighted by molar-refractivity contribution is -0.155. The number of hydrogen-bond acceptors (Lipinski definition) is 2. The molecule has 0 spiro atoms. The monoisotopic (exact) mass is 225 g/mol. The molecule has 92 valence electrons. The van der Waals surface area contributed by atoms with Crippen LogP contribution in [-0.2, 0) is 4.79 Å². The molecule has 16 heavy (non-hydrogen) atoms. The predicted molar refractivity (Wildman–Crippen MR) is 63.4 cm³/mol. The maximum atomic E-state index is 11.6. The van der Waals surface area contributed by atoms with E-state index in [1.807, 2.05) is 0 Å². The van der Waals surface area contributed by atoms with Gasteiger partial charge in [-0.1, -0.05) is 13.8 Å². The normalized spacial score (nSPS) is 29.1. The van der Waals surface area contributed by atoms with Gasteiger partial charge in [0.25, 0.3) is 0 Å². The highest BCUT2D eigenvalue weighted by Gasteiger charge is 2.48. The number of likely N-dealkylation sites (tertiary alicyclic amines) is 1. The van der Waals surface area contributed by atoms with E-state index in [1.54, 1.807) is 0 Å². The molecule has 0 bridgehead atoms. The van der Waals surface area contributed by atoms with Crippen LogP contribution in [0.4, 0.5) is 0 Å². The zero-order chi connectivity index (χ0) is 11.8. The van der Waals surface area contributed by atoms with E-state index < -0.39 is 11.5 Å². The summed E-state index contributed by atoms with van der Waals surface area (Å²) in [6, 6.07) is 0. The molecule has 0 aromatic carbocycles. The fourth-order valence-corrected chi connectivity index (χ4v) is 3.15. The Morgan fingerprint density at radius 2 is 1.56 bits per heavy atom. The molecule has 3 nitrogen and oxygen atoms in total. The molecular weight excluding hydrogens is 202 g/mol. The van der Waals surface area contributed by atoms with E-state index >= 15 is 0 Å². The summed E-state index contributed by atoms with van der Waals surface area (Å²) in [5.74, 6) is -0.593. The molecule has 2 fully saturated rings. The minimum Gasteiger partial charge on any atom is -0.480 e. The van der Waals surface area contributed by atoms with E-state index in [0.29, 0.717) is 5.41 Å². The Bertz CT molecular complexity index is 270. The fourth-order valence-electron chi connectivity index (χ4n) is 3.15. The summed E-state index contributed by atoms with van der Waals surface area (Å²) in [5.41, 5.74) is -0.204. The van der Waals surface area contributed by atoms with Crippen LogP contribution in [0.5, 0.6) is 0 Å². The highest BCUT2D eigenvalue weighted by molar-refractivity contribution is 5.79. The third-order valence-electron chi connectivity index (χ3n) is 4.54. The molecule has 1 saturated heterocycles. The third kappa shape index (κ3) is 1.97. The van der Waals surface area contributed by atoms with Crippen molar-refractivity contribution in [2.24, 2.45) is 5.41 Å². The molecule has 1 saturated carbocycles. The molecular formula is C13H23NO2. The van der Waals surface area contributed by atoms with Crippen LogP contribution in [0.15, 0.2) is 0 Å². The maximum absolute atomic E-state index is 11.6. The van der Waals surface area contributed by atoms with Gasteiger partial charge in [-0.25, -0.2) is 0 Å². The van der Waals surface area contributed by atoms with Gasteiger partial charge >= 0.3 is 5.97 Å². The molecule has 0 atom stereocenters. The van der Waals surface area contributed by atoms with Crippen molar-refractivity contribution in [1.82, 2.24) is 4.90 Å². The van der Waals surface area contributed by atoms with Crippen molar-refractivity contribution in [3.63, 3.8) is 0 Å². The smallest absolute Gasteiger partial charge is 0.324 e. The first-order chi connectivity index (χ1) is 7.46. The van der Waals surface area contributed by atoms with Gasteiger partial charge in [0, 0.05) is 0 Å².